The summed E-state index contributed by atoms with van der Waals surface area (Å²) in [6, 6.07) is 5.92. The van der Waals surface area contributed by atoms with Gasteiger partial charge < -0.3 is 19.9 Å². The van der Waals surface area contributed by atoms with Crippen molar-refractivity contribution in [1.82, 2.24) is 4.90 Å². The molecule has 0 aromatic heterocycles. The van der Waals surface area contributed by atoms with Crippen LogP contribution in [0.3, 0.4) is 0 Å². The molecule has 1 amide bonds. The normalized spacial score (nSPS) is 17.8. The number of nitrogens with zero attached hydrogens (tertiary/aromatic N) is 2. The molecule has 0 spiro atoms. The number of ether oxygens (including phenoxy) is 1. The van der Waals surface area contributed by atoms with Crippen LogP contribution >= 0.6 is 11.6 Å². The average molecular weight is 354 g/mol. The van der Waals surface area contributed by atoms with Crippen LogP contribution in [0.5, 0.6) is 0 Å². The van der Waals surface area contributed by atoms with Gasteiger partial charge in [0.05, 0.1) is 17.4 Å². The lowest BCUT2D eigenvalue weighted by Gasteiger charge is -2.29. The van der Waals surface area contributed by atoms with Crippen molar-refractivity contribution in [3.05, 3.63) is 23.2 Å². The van der Waals surface area contributed by atoms with Crippen LogP contribution < -0.4 is 10.2 Å². The molecule has 1 aromatic rings. The lowest BCUT2D eigenvalue weighted by molar-refractivity contribution is 0.0235. The van der Waals surface area contributed by atoms with Crippen molar-refractivity contribution in [2.45, 2.75) is 45.3 Å². The Morgan fingerprint density at radius 1 is 1.42 bits per heavy atom. The second-order valence-electron chi connectivity index (χ2n) is 7.41. The smallest absolute Gasteiger partial charge is 0.410 e. The number of nitrogens with one attached hydrogen (secondary N) is 1. The van der Waals surface area contributed by atoms with E-state index in [1.54, 1.807) is 0 Å². The Kier molecular flexibility index (Phi) is 5.86. The minimum atomic E-state index is -0.470. The number of halogens is 1. The van der Waals surface area contributed by atoms with Gasteiger partial charge in [0, 0.05) is 32.2 Å². The number of carbonyl (C=O) groups is 1. The molecule has 1 aromatic carbocycles. The van der Waals surface area contributed by atoms with E-state index in [1.807, 2.05) is 62.9 Å². The molecule has 2 rings (SSSR count). The van der Waals surface area contributed by atoms with Crippen LogP contribution in [-0.2, 0) is 4.74 Å². The first-order valence-corrected chi connectivity index (χ1v) is 8.75. The van der Waals surface area contributed by atoms with Crippen molar-refractivity contribution in [1.29, 1.82) is 0 Å². The molecule has 1 N–H and O–H groups in total. The highest BCUT2D eigenvalue weighted by atomic mass is 35.5. The summed E-state index contributed by atoms with van der Waals surface area (Å²) in [7, 11) is 3.99. The first-order chi connectivity index (χ1) is 11.2. The number of hydrogen-bond acceptors (Lipinski definition) is 4. The maximum absolute atomic E-state index is 12.4. The molecule has 1 aliphatic rings. The summed E-state index contributed by atoms with van der Waals surface area (Å²) in [5.41, 5.74) is 1.58. The standard InChI is InChI=1S/C18H28ClN3O2/c1-18(2,3)24-17(23)22-10-6-7-14(22)12-20-15-11-13(19)8-9-16(15)21(4)5/h8-9,11,14,20H,6-7,10,12H2,1-5H3. The van der Waals surface area contributed by atoms with Crippen LogP contribution in [0.15, 0.2) is 18.2 Å². The largest absolute Gasteiger partial charge is 0.444 e. The first-order valence-electron chi connectivity index (χ1n) is 8.38. The molecule has 6 heteroatoms. The minimum absolute atomic E-state index is 0.133. The predicted octanol–water partition coefficient (Wildman–Crippen LogP) is 4.22. The van der Waals surface area contributed by atoms with E-state index in [0.717, 1.165) is 30.8 Å². The number of carbonyl (C=O) groups excluding carboxylic acids is 1. The van der Waals surface area contributed by atoms with Gasteiger partial charge >= 0.3 is 6.09 Å². The Hall–Kier alpha value is -1.62. The fourth-order valence-electron chi connectivity index (χ4n) is 2.88. The summed E-state index contributed by atoms with van der Waals surface area (Å²) in [5.74, 6) is 0. The summed E-state index contributed by atoms with van der Waals surface area (Å²) in [4.78, 5) is 16.2. The molecule has 134 valence electrons. The van der Waals surface area contributed by atoms with Crippen molar-refractivity contribution in [3.63, 3.8) is 0 Å². The monoisotopic (exact) mass is 353 g/mol. The topological polar surface area (TPSA) is 44.8 Å². The second kappa shape index (κ2) is 7.51. The number of anilines is 2. The van der Waals surface area contributed by atoms with Crippen LogP contribution in [0.4, 0.5) is 16.2 Å². The fourth-order valence-corrected chi connectivity index (χ4v) is 3.05. The number of rotatable bonds is 4. The second-order valence-corrected chi connectivity index (χ2v) is 7.84. The maximum atomic E-state index is 12.4. The third kappa shape index (κ3) is 4.94. The molecule has 0 bridgehead atoms. The Labute approximate surface area is 149 Å². The van der Waals surface area contributed by atoms with Gasteiger partial charge in [-0.3, -0.25) is 0 Å². The number of likely N-dealkylation sites (tertiary alicyclic amines) is 1. The Bertz CT molecular complexity index is 584. The maximum Gasteiger partial charge on any atom is 0.410 e. The molecular formula is C18H28ClN3O2. The lowest BCUT2D eigenvalue weighted by Crippen LogP contribution is -2.42. The highest BCUT2D eigenvalue weighted by molar-refractivity contribution is 6.31. The van der Waals surface area contributed by atoms with Gasteiger partial charge in [-0.1, -0.05) is 11.6 Å². The average Bonchev–Trinajstić information content (AvgIpc) is 2.91. The molecule has 5 nitrogen and oxygen atoms in total. The van der Waals surface area contributed by atoms with Crippen molar-refractivity contribution < 1.29 is 9.53 Å². The molecule has 1 heterocycles. The van der Waals surface area contributed by atoms with Crippen LogP contribution in [0, 0.1) is 0 Å². The summed E-state index contributed by atoms with van der Waals surface area (Å²) in [6.07, 6.45) is 1.75. The zero-order valence-corrected chi connectivity index (χ0v) is 16.0. The van der Waals surface area contributed by atoms with Crippen LogP contribution in [-0.4, -0.2) is 49.8 Å². The summed E-state index contributed by atoms with van der Waals surface area (Å²) < 4.78 is 5.51. The Balaban J connectivity index is 2.03. The van der Waals surface area contributed by atoms with Gasteiger partial charge in [0.2, 0.25) is 0 Å². The Morgan fingerprint density at radius 3 is 2.75 bits per heavy atom. The van der Waals surface area contributed by atoms with Crippen LogP contribution in [0.1, 0.15) is 33.6 Å². The van der Waals surface area contributed by atoms with Crippen molar-refractivity contribution in [2.75, 3.05) is 37.4 Å². The molecule has 0 saturated carbocycles. The predicted molar refractivity (Wildman–Crippen MR) is 100 cm³/mol. The first kappa shape index (κ1) is 18.7. The number of benzene rings is 1. The highest BCUT2D eigenvalue weighted by Gasteiger charge is 2.32. The number of amides is 1. The third-order valence-corrected chi connectivity index (χ3v) is 4.21. The van der Waals surface area contributed by atoms with Gasteiger partial charge in [0.1, 0.15) is 5.60 Å². The molecule has 1 unspecified atom stereocenters. The molecular weight excluding hydrogens is 326 g/mol. The van der Waals surface area contributed by atoms with Crippen molar-refractivity contribution in [3.8, 4) is 0 Å². The van der Waals surface area contributed by atoms with Crippen LogP contribution in [0.2, 0.25) is 5.02 Å². The van der Waals surface area contributed by atoms with E-state index in [9.17, 15) is 4.79 Å². The number of hydrogen-bond donors (Lipinski definition) is 1. The summed E-state index contributed by atoms with van der Waals surface area (Å²) >= 11 is 6.13. The van der Waals surface area contributed by atoms with Crippen LogP contribution in [0.25, 0.3) is 0 Å². The van der Waals surface area contributed by atoms with Crippen molar-refractivity contribution in [2.24, 2.45) is 0 Å². The Morgan fingerprint density at radius 2 is 2.12 bits per heavy atom. The lowest BCUT2D eigenvalue weighted by atomic mass is 10.2. The van der Waals surface area contributed by atoms with E-state index >= 15 is 0 Å². The quantitative estimate of drug-likeness (QED) is 0.880. The molecule has 1 aliphatic heterocycles. The minimum Gasteiger partial charge on any atom is -0.444 e. The van der Waals surface area contributed by atoms with E-state index in [0.29, 0.717) is 11.6 Å². The molecule has 1 atom stereocenters. The van der Waals surface area contributed by atoms with Crippen molar-refractivity contribution >= 4 is 29.1 Å². The van der Waals surface area contributed by atoms with E-state index in [1.165, 1.54) is 0 Å². The van der Waals surface area contributed by atoms with E-state index in [4.69, 9.17) is 16.3 Å². The summed E-state index contributed by atoms with van der Waals surface area (Å²) in [5, 5.41) is 4.14. The molecule has 1 fully saturated rings. The summed E-state index contributed by atoms with van der Waals surface area (Å²) in [6.45, 7) is 7.11. The van der Waals surface area contributed by atoms with Gasteiger partial charge in [-0.05, 0) is 51.8 Å². The zero-order chi connectivity index (χ0) is 17.9. The van der Waals surface area contributed by atoms with E-state index in [2.05, 4.69) is 5.32 Å². The van der Waals surface area contributed by atoms with Gasteiger partial charge in [-0.2, -0.15) is 0 Å². The molecule has 24 heavy (non-hydrogen) atoms. The van der Waals surface area contributed by atoms with E-state index in [-0.39, 0.29) is 12.1 Å². The highest BCUT2D eigenvalue weighted by Crippen LogP contribution is 2.29. The van der Waals surface area contributed by atoms with Gasteiger partial charge in [-0.15, -0.1) is 0 Å². The molecule has 0 radical (unpaired) electrons. The SMILES string of the molecule is CN(C)c1ccc(Cl)cc1NCC1CCCN1C(=O)OC(C)(C)C. The van der Waals surface area contributed by atoms with Gasteiger partial charge in [-0.25, -0.2) is 4.79 Å². The molecule has 0 aliphatic carbocycles. The fraction of sp³-hybridized carbons (Fsp3) is 0.611. The van der Waals surface area contributed by atoms with Gasteiger partial charge in [0.25, 0.3) is 0 Å². The van der Waals surface area contributed by atoms with E-state index < -0.39 is 5.60 Å². The zero-order valence-electron chi connectivity index (χ0n) is 15.2. The van der Waals surface area contributed by atoms with Gasteiger partial charge in [0.15, 0.2) is 0 Å². The third-order valence-electron chi connectivity index (χ3n) is 3.97. The molecule has 1 saturated heterocycles.